The molecule has 0 aromatic rings. The predicted octanol–water partition coefficient (Wildman–Crippen LogP) is 2.68. The van der Waals surface area contributed by atoms with Crippen molar-refractivity contribution in [3.8, 4) is 0 Å². The van der Waals surface area contributed by atoms with Crippen LogP contribution in [0.25, 0.3) is 0 Å². The molecule has 1 N–H and O–H groups in total. The molecule has 0 atom stereocenters. The second-order valence-corrected chi connectivity index (χ2v) is 3.00. The minimum atomic E-state index is 0. The van der Waals surface area contributed by atoms with Crippen molar-refractivity contribution in [3.63, 3.8) is 0 Å². The number of hydrogen-bond donors (Lipinski definition) is 0. The van der Waals surface area contributed by atoms with Crippen LogP contribution in [0, 0.1) is 11.8 Å². The van der Waals surface area contributed by atoms with Crippen LogP contribution in [0.2, 0.25) is 0 Å². The fraction of sp³-hybridized carbons (Fsp3) is 0.750. The first-order valence-corrected chi connectivity index (χ1v) is 3.00. The molecule has 0 unspecified atom stereocenters. The summed E-state index contributed by atoms with van der Waals surface area (Å²) in [5.41, 5.74) is 0. The zero-order chi connectivity index (χ0) is 7.15. The summed E-state index contributed by atoms with van der Waals surface area (Å²) in [6, 6.07) is 0. The molecule has 0 spiro atoms. The predicted molar refractivity (Wildman–Crippen MR) is 48.2 cm³/mol. The standard InChI is InChI=1S/2C4H9.H2O.Sb/c2*1-4(2)3;;/h2*1-3H3;1H2;/p-1. The zero-order valence-electron chi connectivity index (χ0n) is 7.89. The topological polar surface area (TPSA) is 30.0 Å². The van der Waals surface area contributed by atoms with Gasteiger partial charge >= 0.3 is 0 Å². The first-order valence-electron chi connectivity index (χ1n) is 3.00. The Kier molecular flexibility index (Phi) is 36.8. The summed E-state index contributed by atoms with van der Waals surface area (Å²) in [7, 11) is 0. The Bertz CT molecular complexity index is 24.7. The van der Waals surface area contributed by atoms with Crippen LogP contribution in [0.15, 0.2) is 0 Å². The van der Waals surface area contributed by atoms with Gasteiger partial charge in [0.25, 0.3) is 0 Å². The molecule has 0 fully saturated rings. The quantitative estimate of drug-likeness (QED) is 0.610. The van der Waals surface area contributed by atoms with Gasteiger partial charge in [-0.05, 0) is 11.8 Å². The van der Waals surface area contributed by atoms with E-state index in [1.807, 2.05) is 0 Å². The smallest absolute Gasteiger partial charge is 0 e. The molecule has 0 amide bonds. The molecule has 63 valence electrons. The molecule has 0 bridgehead atoms. The molecule has 0 heterocycles. The number of rotatable bonds is 0. The molecule has 0 aromatic carbocycles. The van der Waals surface area contributed by atoms with Crippen molar-refractivity contribution in [2.45, 2.75) is 41.5 Å². The van der Waals surface area contributed by atoms with E-state index in [4.69, 9.17) is 0 Å². The van der Waals surface area contributed by atoms with E-state index in [0.717, 1.165) is 0 Å². The van der Waals surface area contributed by atoms with Gasteiger partial charge in [0, 0.05) is 24.4 Å². The first-order chi connectivity index (χ1) is 3.46. The molecule has 0 aromatic heterocycles. The molecule has 10 heavy (non-hydrogen) atoms. The monoisotopic (exact) mass is 252 g/mol. The van der Waals surface area contributed by atoms with Crippen LogP contribution >= 0.6 is 0 Å². The molecule has 0 saturated heterocycles. The fourth-order valence-corrected chi connectivity index (χ4v) is 0. The van der Waals surface area contributed by atoms with E-state index in [1.54, 1.807) is 0 Å². The van der Waals surface area contributed by atoms with Gasteiger partial charge in [0.1, 0.15) is 0 Å². The fourth-order valence-electron chi connectivity index (χ4n) is 0. The van der Waals surface area contributed by atoms with Crippen molar-refractivity contribution in [2.24, 2.45) is 0 Å². The van der Waals surface area contributed by atoms with E-state index in [0.29, 0.717) is 0 Å². The van der Waals surface area contributed by atoms with Crippen LogP contribution in [0.1, 0.15) is 41.5 Å². The Hall–Kier alpha value is 0.778. The van der Waals surface area contributed by atoms with E-state index in [-0.39, 0.29) is 29.9 Å². The third-order valence-electron chi connectivity index (χ3n) is 0. The SMILES string of the molecule is C[C](C)C.C[C](C)C.[OH-].[Sb]. The van der Waals surface area contributed by atoms with E-state index in [2.05, 4.69) is 41.5 Å². The van der Waals surface area contributed by atoms with Crippen molar-refractivity contribution in [1.82, 2.24) is 0 Å². The second kappa shape index (κ2) is 16.4. The maximum absolute atomic E-state index is 2.08. The summed E-state index contributed by atoms with van der Waals surface area (Å²) in [4.78, 5) is 0. The molecule has 0 aliphatic carbocycles. The molecular weight excluding hydrogens is 234 g/mol. The molecule has 2 heteroatoms. The van der Waals surface area contributed by atoms with Crippen molar-refractivity contribution < 1.29 is 5.48 Å². The van der Waals surface area contributed by atoms with Gasteiger partial charge in [-0.2, -0.15) is 0 Å². The Morgan fingerprint density at radius 3 is 0.600 bits per heavy atom. The molecule has 0 rings (SSSR count). The molecule has 0 aliphatic rings. The van der Waals surface area contributed by atoms with Crippen LogP contribution in [-0.2, 0) is 0 Å². The van der Waals surface area contributed by atoms with E-state index in [1.165, 1.54) is 11.8 Å². The Balaban J connectivity index is -0.0000000300. The second-order valence-electron chi connectivity index (χ2n) is 3.00. The van der Waals surface area contributed by atoms with Crippen LogP contribution in [0.4, 0.5) is 0 Å². The van der Waals surface area contributed by atoms with Crippen molar-refractivity contribution >= 4 is 24.4 Å². The van der Waals surface area contributed by atoms with Crippen LogP contribution < -0.4 is 0 Å². The first kappa shape index (κ1) is 22.4. The van der Waals surface area contributed by atoms with Gasteiger partial charge < -0.3 is 5.48 Å². The van der Waals surface area contributed by atoms with Gasteiger partial charge in [-0.15, -0.1) is 0 Å². The van der Waals surface area contributed by atoms with Crippen molar-refractivity contribution in [3.05, 3.63) is 11.8 Å². The van der Waals surface area contributed by atoms with Gasteiger partial charge in [-0.3, -0.25) is 0 Å². The largest absolute Gasteiger partial charge is 0.870 e. The van der Waals surface area contributed by atoms with Gasteiger partial charge in [-0.25, -0.2) is 0 Å². The van der Waals surface area contributed by atoms with E-state index in [9.17, 15) is 0 Å². The Morgan fingerprint density at radius 2 is 0.600 bits per heavy atom. The van der Waals surface area contributed by atoms with Crippen LogP contribution in [-0.4, -0.2) is 29.9 Å². The third kappa shape index (κ3) is 877. The molecule has 1 nitrogen and oxygen atoms in total. The summed E-state index contributed by atoms with van der Waals surface area (Å²) in [6.45, 7) is 12.5. The third-order valence-corrected chi connectivity index (χ3v) is 0. The minimum absolute atomic E-state index is 0. The zero-order valence-corrected chi connectivity index (χ0v) is 10.4. The molecular formula is C8H19OSb-. The van der Waals surface area contributed by atoms with Crippen LogP contribution in [0.5, 0.6) is 0 Å². The summed E-state index contributed by atoms with van der Waals surface area (Å²) in [5.74, 6) is 2.83. The summed E-state index contributed by atoms with van der Waals surface area (Å²) in [5, 5.41) is 0. The maximum atomic E-state index is 2.08. The van der Waals surface area contributed by atoms with Gasteiger partial charge in [-0.1, -0.05) is 41.5 Å². The van der Waals surface area contributed by atoms with Crippen molar-refractivity contribution in [2.75, 3.05) is 0 Å². The average Bonchev–Trinajstić information content (AvgIpc) is 1.25. The average molecular weight is 253 g/mol. The van der Waals surface area contributed by atoms with E-state index < -0.39 is 0 Å². The van der Waals surface area contributed by atoms with E-state index >= 15 is 0 Å². The summed E-state index contributed by atoms with van der Waals surface area (Å²) >= 11 is 0. The van der Waals surface area contributed by atoms with Crippen LogP contribution in [0.3, 0.4) is 0 Å². The molecule has 5 radical (unpaired) electrons. The maximum Gasteiger partial charge on any atom is 0 e. The summed E-state index contributed by atoms with van der Waals surface area (Å²) in [6.07, 6.45) is 0. The Labute approximate surface area is 83.4 Å². The summed E-state index contributed by atoms with van der Waals surface area (Å²) < 4.78 is 0. The minimum Gasteiger partial charge on any atom is -0.870 e. The normalized spacial score (nSPS) is 7.20. The molecule has 0 saturated carbocycles. The van der Waals surface area contributed by atoms with Gasteiger partial charge in [0.15, 0.2) is 0 Å². The van der Waals surface area contributed by atoms with Crippen molar-refractivity contribution in [1.29, 1.82) is 0 Å². The van der Waals surface area contributed by atoms with Gasteiger partial charge in [0.05, 0.1) is 0 Å². The van der Waals surface area contributed by atoms with Gasteiger partial charge in [0.2, 0.25) is 0 Å². The number of hydrogen-bond acceptors (Lipinski definition) is 1. The Morgan fingerprint density at radius 1 is 0.600 bits per heavy atom. The molecule has 0 aliphatic heterocycles.